The first-order valence-electron chi connectivity index (χ1n) is 16.6. The number of nitro groups is 2. The molecule has 0 amide bonds. The van der Waals surface area contributed by atoms with Crippen molar-refractivity contribution in [2.75, 3.05) is 10.9 Å². The zero-order valence-corrected chi connectivity index (χ0v) is 28.8. The van der Waals surface area contributed by atoms with Crippen molar-refractivity contribution in [1.82, 2.24) is 0 Å². The highest BCUT2D eigenvalue weighted by Crippen LogP contribution is 2.26. The van der Waals surface area contributed by atoms with E-state index >= 15 is 0 Å². The molecular weight excluding hydrogens is 704 g/mol. The van der Waals surface area contributed by atoms with E-state index in [1.807, 2.05) is 24.3 Å². The SMILES string of the molecule is O=C(Oc1ccc(Cc2ccc(OC(=O)c3ccccc3)c(/C=N/Nc3ccc([N+](=O)[O-])cc3)c2)cc1/C=N/Nc1ccc([N+](=O)[O-])cc1)c1ccccc1. The van der Waals surface area contributed by atoms with Crippen molar-refractivity contribution in [3.63, 3.8) is 0 Å². The molecule has 14 heteroatoms. The summed E-state index contributed by atoms with van der Waals surface area (Å²) in [5, 5.41) is 30.6. The van der Waals surface area contributed by atoms with Gasteiger partial charge in [0, 0.05) is 35.4 Å². The van der Waals surface area contributed by atoms with E-state index in [4.69, 9.17) is 9.47 Å². The number of hydrogen-bond donors (Lipinski definition) is 2. The number of hydrazone groups is 2. The Hall–Kier alpha value is -8.00. The fourth-order valence-corrected chi connectivity index (χ4v) is 5.17. The van der Waals surface area contributed by atoms with Gasteiger partial charge in [-0.15, -0.1) is 0 Å². The van der Waals surface area contributed by atoms with E-state index in [9.17, 15) is 29.8 Å². The van der Waals surface area contributed by atoms with Crippen molar-refractivity contribution in [2.24, 2.45) is 10.2 Å². The lowest BCUT2D eigenvalue weighted by Crippen LogP contribution is -2.10. The van der Waals surface area contributed by atoms with E-state index in [1.165, 1.54) is 61.0 Å². The second kappa shape index (κ2) is 17.5. The number of benzene rings is 6. The van der Waals surface area contributed by atoms with Crippen LogP contribution in [0.25, 0.3) is 0 Å². The Morgan fingerprint density at radius 1 is 0.545 bits per heavy atom. The zero-order chi connectivity index (χ0) is 38.6. The Bertz CT molecular complexity index is 2220. The van der Waals surface area contributed by atoms with Gasteiger partial charge in [0.05, 0.1) is 44.8 Å². The molecule has 0 bridgehead atoms. The van der Waals surface area contributed by atoms with Gasteiger partial charge in [-0.2, -0.15) is 10.2 Å². The van der Waals surface area contributed by atoms with Crippen molar-refractivity contribution >= 4 is 47.1 Å². The normalized spacial score (nSPS) is 10.9. The molecule has 272 valence electrons. The van der Waals surface area contributed by atoms with Gasteiger partial charge >= 0.3 is 11.9 Å². The summed E-state index contributed by atoms with van der Waals surface area (Å²) in [4.78, 5) is 47.0. The Labute approximate surface area is 313 Å². The largest absolute Gasteiger partial charge is 0.422 e. The highest BCUT2D eigenvalue weighted by Gasteiger charge is 2.15. The van der Waals surface area contributed by atoms with Gasteiger partial charge in [0.15, 0.2) is 0 Å². The Kier molecular flexibility index (Phi) is 11.7. The standard InChI is InChI=1S/C41H30N6O8/c48-40(30-7-3-1-4-8-30)54-38-21-11-28(24-32(38)26-42-44-34-13-17-36(18-14-34)46(50)51)23-29-12-22-39(55-41(49)31-9-5-2-6-10-31)33(25-29)27-43-45-35-15-19-37(20-16-35)47(52)53/h1-22,24-27,44-45H,23H2/b42-26+,43-27+. The Balaban J connectivity index is 1.27. The third-order valence-electron chi connectivity index (χ3n) is 7.93. The Morgan fingerprint density at radius 2 is 0.927 bits per heavy atom. The minimum absolute atomic E-state index is 0.0603. The summed E-state index contributed by atoms with van der Waals surface area (Å²) in [7, 11) is 0. The summed E-state index contributed by atoms with van der Waals surface area (Å²) in [6.45, 7) is 0. The van der Waals surface area contributed by atoms with E-state index in [1.54, 1.807) is 72.8 Å². The molecule has 2 N–H and O–H groups in total. The maximum atomic E-state index is 13.0. The number of hydrogen-bond acceptors (Lipinski definition) is 12. The summed E-state index contributed by atoms with van der Waals surface area (Å²) >= 11 is 0. The van der Waals surface area contributed by atoms with Crippen LogP contribution in [0.5, 0.6) is 11.5 Å². The molecule has 6 aromatic rings. The van der Waals surface area contributed by atoms with Crippen LogP contribution in [0.2, 0.25) is 0 Å². The lowest BCUT2D eigenvalue weighted by atomic mass is 10.0. The van der Waals surface area contributed by atoms with Gasteiger partial charge in [-0.05, 0) is 90.3 Å². The van der Waals surface area contributed by atoms with Gasteiger partial charge in [-0.3, -0.25) is 31.1 Å². The van der Waals surface area contributed by atoms with Crippen molar-refractivity contribution in [3.8, 4) is 11.5 Å². The fraction of sp³-hybridized carbons (Fsp3) is 0.0244. The lowest BCUT2D eigenvalue weighted by molar-refractivity contribution is -0.385. The molecule has 0 aliphatic rings. The average molecular weight is 735 g/mol. The smallest absolute Gasteiger partial charge is 0.343 e. The fourth-order valence-electron chi connectivity index (χ4n) is 5.17. The minimum Gasteiger partial charge on any atom is -0.422 e. The molecule has 0 aliphatic heterocycles. The van der Waals surface area contributed by atoms with Crippen LogP contribution in [0.1, 0.15) is 43.0 Å². The van der Waals surface area contributed by atoms with Gasteiger partial charge in [0.2, 0.25) is 0 Å². The average Bonchev–Trinajstić information content (AvgIpc) is 3.20. The molecule has 6 aromatic carbocycles. The molecule has 0 fully saturated rings. The maximum absolute atomic E-state index is 13.0. The molecule has 55 heavy (non-hydrogen) atoms. The minimum atomic E-state index is -0.557. The van der Waals surface area contributed by atoms with E-state index in [2.05, 4.69) is 21.1 Å². The van der Waals surface area contributed by atoms with Crippen LogP contribution < -0.4 is 20.3 Å². The maximum Gasteiger partial charge on any atom is 0.343 e. The topological polar surface area (TPSA) is 188 Å². The van der Waals surface area contributed by atoms with Crippen LogP contribution in [0.3, 0.4) is 0 Å². The van der Waals surface area contributed by atoms with E-state index in [0.717, 1.165) is 11.1 Å². The van der Waals surface area contributed by atoms with Crippen LogP contribution in [-0.4, -0.2) is 34.2 Å². The molecule has 0 spiro atoms. The van der Waals surface area contributed by atoms with Crippen molar-refractivity contribution in [2.45, 2.75) is 6.42 Å². The van der Waals surface area contributed by atoms with Crippen molar-refractivity contribution < 1.29 is 28.9 Å². The first kappa shape index (κ1) is 36.8. The molecule has 0 aromatic heterocycles. The lowest BCUT2D eigenvalue weighted by Gasteiger charge is -2.12. The number of nitrogens with zero attached hydrogens (tertiary/aromatic N) is 4. The van der Waals surface area contributed by atoms with Gasteiger partial charge in [-0.25, -0.2) is 9.59 Å². The first-order chi connectivity index (χ1) is 26.7. The molecule has 0 heterocycles. The van der Waals surface area contributed by atoms with Crippen LogP contribution in [0.15, 0.2) is 156 Å². The first-order valence-corrected chi connectivity index (χ1v) is 16.6. The Morgan fingerprint density at radius 3 is 1.29 bits per heavy atom. The number of nitro benzene ring substituents is 2. The molecule has 0 unspecified atom stereocenters. The highest BCUT2D eigenvalue weighted by atomic mass is 16.6. The number of anilines is 2. The summed E-state index contributed by atoms with van der Waals surface area (Å²) in [6.07, 6.45) is 3.35. The molecule has 0 atom stereocenters. The molecule has 6 rings (SSSR count). The third kappa shape index (κ3) is 10.1. The number of carbonyl (C=O) groups excluding carboxylic acids is 2. The quantitative estimate of drug-likeness (QED) is 0.0361. The summed E-state index contributed by atoms with van der Waals surface area (Å²) < 4.78 is 11.5. The van der Waals surface area contributed by atoms with E-state index in [-0.39, 0.29) is 22.9 Å². The number of nitrogens with one attached hydrogen (secondary N) is 2. The van der Waals surface area contributed by atoms with Gasteiger partial charge in [-0.1, -0.05) is 48.5 Å². The van der Waals surface area contributed by atoms with E-state index < -0.39 is 21.8 Å². The van der Waals surface area contributed by atoms with E-state index in [0.29, 0.717) is 40.0 Å². The highest BCUT2D eigenvalue weighted by molar-refractivity contribution is 5.94. The van der Waals surface area contributed by atoms with Gasteiger partial charge in [0.1, 0.15) is 11.5 Å². The zero-order valence-electron chi connectivity index (χ0n) is 28.8. The summed E-state index contributed by atoms with van der Waals surface area (Å²) in [5.74, 6) is -0.614. The molecule has 14 nitrogen and oxygen atoms in total. The summed E-state index contributed by atoms with van der Waals surface area (Å²) in [6, 6.07) is 39.1. The number of carbonyl (C=O) groups is 2. The second-order valence-electron chi connectivity index (χ2n) is 11.8. The van der Waals surface area contributed by atoms with Crippen LogP contribution in [0.4, 0.5) is 22.7 Å². The predicted molar refractivity (Wildman–Crippen MR) is 207 cm³/mol. The molecule has 0 saturated heterocycles. The van der Waals surface area contributed by atoms with Crippen LogP contribution in [-0.2, 0) is 6.42 Å². The number of ether oxygens (including phenoxy) is 2. The second-order valence-corrected chi connectivity index (χ2v) is 11.8. The molecule has 0 saturated carbocycles. The number of non-ortho nitro benzene ring substituents is 2. The van der Waals surface area contributed by atoms with Crippen molar-refractivity contribution in [1.29, 1.82) is 0 Å². The van der Waals surface area contributed by atoms with Crippen molar-refractivity contribution in [3.05, 3.63) is 199 Å². The predicted octanol–water partition coefficient (Wildman–Crippen LogP) is 8.42. The molecular formula is C41H30N6O8. The van der Waals surface area contributed by atoms with Crippen LogP contribution >= 0.6 is 0 Å². The monoisotopic (exact) mass is 734 g/mol. The number of rotatable bonds is 14. The molecule has 0 radical (unpaired) electrons. The number of esters is 2. The van der Waals surface area contributed by atoms with Gasteiger partial charge < -0.3 is 9.47 Å². The third-order valence-corrected chi connectivity index (χ3v) is 7.93. The van der Waals surface area contributed by atoms with Gasteiger partial charge in [0.25, 0.3) is 11.4 Å². The van der Waals surface area contributed by atoms with Crippen LogP contribution in [0, 0.1) is 20.2 Å². The summed E-state index contributed by atoms with van der Waals surface area (Å²) in [5.41, 5.74) is 9.87. The molecule has 0 aliphatic carbocycles.